The molecule has 28 heavy (non-hydrogen) atoms. The summed E-state index contributed by atoms with van der Waals surface area (Å²) in [5, 5.41) is 0. The molecule has 1 amide bonds. The normalized spacial score (nSPS) is 10.2. The lowest BCUT2D eigenvalue weighted by Crippen LogP contribution is -2.34. The van der Waals surface area contributed by atoms with Crippen LogP contribution in [0.2, 0.25) is 0 Å². The Kier molecular flexibility index (Phi) is 6.41. The Hall–Kier alpha value is -3.60. The van der Waals surface area contributed by atoms with Gasteiger partial charge in [-0.25, -0.2) is 4.79 Å². The molecule has 0 unspecified atom stereocenters. The predicted octanol–water partition coefficient (Wildman–Crippen LogP) is 4.69. The minimum atomic E-state index is -0.552. The summed E-state index contributed by atoms with van der Waals surface area (Å²) in [5.74, 6) is 0.499. The van der Waals surface area contributed by atoms with Gasteiger partial charge in [0.05, 0.1) is 5.56 Å². The van der Waals surface area contributed by atoms with Crippen LogP contribution >= 0.6 is 0 Å². The van der Waals surface area contributed by atoms with Crippen LogP contribution in [0.25, 0.3) is 0 Å². The monoisotopic (exact) mass is 375 g/mol. The number of likely N-dealkylation sites (N-methyl/N-ethyl adjacent to an activating group) is 1. The molecule has 5 nitrogen and oxygen atoms in total. The SMILES string of the molecule is CCN(C(=O)COC(=O)c1ccc(Oc2ccccc2)cc1)c1ccccc1. The molecule has 0 aliphatic heterocycles. The van der Waals surface area contributed by atoms with E-state index in [1.165, 1.54) is 0 Å². The number of hydrogen-bond acceptors (Lipinski definition) is 4. The molecule has 5 heteroatoms. The fourth-order valence-electron chi connectivity index (χ4n) is 2.68. The second-order valence-electron chi connectivity index (χ2n) is 5.99. The number of ether oxygens (including phenoxy) is 2. The lowest BCUT2D eigenvalue weighted by atomic mass is 10.2. The van der Waals surface area contributed by atoms with E-state index in [9.17, 15) is 9.59 Å². The van der Waals surface area contributed by atoms with Crippen LogP contribution in [0.15, 0.2) is 84.9 Å². The van der Waals surface area contributed by atoms with Gasteiger partial charge in [-0.3, -0.25) is 4.79 Å². The predicted molar refractivity (Wildman–Crippen MR) is 108 cm³/mol. The molecule has 0 heterocycles. The molecule has 0 saturated carbocycles. The van der Waals surface area contributed by atoms with Gasteiger partial charge in [-0.1, -0.05) is 36.4 Å². The zero-order chi connectivity index (χ0) is 19.8. The zero-order valence-corrected chi connectivity index (χ0v) is 15.6. The first kappa shape index (κ1) is 19.2. The number of para-hydroxylation sites is 2. The largest absolute Gasteiger partial charge is 0.457 e. The van der Waals surface area contributed by atoms with Crippen molar-refractivity contribution in [1.29, 1.82) is 0 Å². The van der Waals surface area contributed by atoms with Crippen molar-refractivity contribution >= 4 is 17.6 Å². The van der Waals surface area contributed by atoms with Crippen molar-refractivity contribution in [3.8, 4) is 11.5 Å². The van der Waals surface area contributed by atoms with Crippen LogP contribution in [-0.2, 0) is 9.53 Å². The highest BCUT2D eigenvalue weighted by Crippen LogP contribution is 2.21. The van der Waals surface area contributed by atoms with E-state index < -0.39 is 5.97 Å². The fraction of sp³-hybridized carbons (Fsp3) is 0.130. The van der Waals surface area contributed by atoms with Crippen molar-refractivity contribution in [3.63, 3.8) is 0 Å². The lowest BCUT2D eigenvalue weighted by molar-refractivity contribution is -0.121. The summed E-state index contributed by atoms with van der Waals surface area (Å²) in [6, 6.07) is 25.2. The Morgan fingerprint density at radius 1 is 0.786 bits per heavy atom. The van der Waals surface area contributed by atoms with E-state index in [0.29, 0.717) is 23.6 Å². The average Bonchev–Trinajstić information content (AvgIpc) is 2.74. The summed E-state index contributed by atoms with van der Waals surface area (Å²) >= 11 is 0. The van der Waals surface area contributed by atoms with Crippen LogP contribution in [0.3, 0.4) is 0 Å². The summed E-state index contributed by atoms with van der Waals surface area (Å²) in [4.78, 5) is 26.2. The number of carbonyl (C=O) groups excluding carboxylic acids is 2. The molecule has 3 rings (SSSR count). The van der Waals surface area contributed by atoms with Crippen LogP contribution in [-0.4, -0.2) is 25.0 Å². The van der Waals surface area contributed by atoms with E-state index in [1.54, 1.807) is 29.2 Å². The van der Waals surface area contributed by atoms with Crippen molar-refractivity contribution in [2.24, 2.45) is 0 Å². The number of esters is 1. The molecule has 142 valence electrons. The lowest BCUT2D eigenvalue weighted by Gasteiger charge is -2.20. The van der Waals surface area contributed by atoms with E-state index in [0.717, 1.165) is 5.69 Å². The zero-order valence-electron chi connectivity index (χ0n) is 15.6. The maximum Gasteiger partial charge on any atom is 0.338 e. The first-order valence-electron chi connectivity index (χ1n) is 9.03. The molecule has 0 aliphatic rings. The smallest absolute Gasteiger partial charge is 0.338 e. The Morgan fingerprint density at radius 3 is 1.96 bits per heavy atom. The molecule has 0 aromatic heterocycles. The van der Waals surface area contributed by atoms with Gasteiger partial charge in [0.1, 0.15) is 11.5 Å². The Labute approximate surface area is 164 Å². The topological polar surface area (TPSA) is 55.8 Å². The van der Waals surface area contributed by atoms with Gasteiger partial charge in [0, 0.05) is 12.2 Å². The molecule has 0 spiro atoms. The van der Waals surface area contributed by atoms with Gasteiger partial charge in [0.25, 0.3) is 5.91 Å². The number of benzene rings is 3. The van der Waals surface area contributed by atoms with E-state index in [1.807, 2.05) is 67.6 Å². The van der Waals surface area contributed by atoms with Gasteiger partial charge in [-0.2, -0.15) is 0 Å². The van der Waals surface area contributed by atoms with Crippen molar-refractivity contribution in [2.75, 3.05) is 18.1 Å². The van der Waals surface area contributed by atoms with Crippen molar-refractivity contribution in [1.82, 2.24) is 0 Å². The summed E-state index contributed by atoms with van der Waals surface area (Å²) in [6.07, 6.45) is 0. The van der Waals surface area contributed by atoms with Crippen LogP contribution in [0.5, 0.6) is 11.5 Å². The molecule has 0 fully saturated rings. The van der Waals surface area contributed by atoms with Gasteiger partial charge in [0.15, 0.2) is 6.61 Å². The Morgan fingerprint density at radius 2 is 1.36 bits per heavy atom. The first-order valence-corrected chi connectivity index (χ1v) is 9.03. The molecule has 0 radical (unpaired) electrons. The highest BCUT2D eigenvalue weighted by molar-refractivity contribution is 5.97. The fourth-order valence-corrected chi connectivity index (χ4v) is 2.68. The number of amides is 1. The Balaban J connectivity index is 1.56. The average molecular weight is 375 g/mol. The quantitative estimate of drug-likeness (QED) is 0.562. The maximum atomic E-state index is 12.4. The third-order valence-electron chi connectivity index (χ3n) is 4.08. The molecule has 0 saturated heterocycles. The van der Waals surface area contributed by atoms with Crippen LogP contribution in [0.1, 0.15) is 17.3 Å². The number of anilines is 1. The molecule has 0 aliphatic carbocycles. The van der Waals surface area contributed by atoms with E-state index in [4.69, 9.17) is 9.47 Å². The summed E-state index contributed by atoms with van der Waals surface area (Å²) in [5.41, 5.74) is 1.13. The third-order valence-corrected chi connectivity index (χ3v) is 4.08. The molecule has 0 bridgehead atoms. The molecule has 0 atom stereocenters. The van der Waals surface area contributed by atoms with Gasteiger partial charge < -0.3 is 14.4 Å². The van der Waals surface area contributed by atoms with Gasteiger partial charge in [-0.05, 0) is 55.5 Å². The third kappa shape index (κ3) is 4.98. The standard InChI is InChI=1S/C23H21NO4/c1-2-24(19-9-5-3-6-10-19)22(25)17-27-23(26)18-13-15-21(16-14-18)28-20-11-7-4-8-12-20/h3-16H,2,17H2,1H3. The number of rotatable bonds is 7. The highest BCUT2D eigenvalue weighted by Gasteiger charge is 2.16. The molecular weight excluding hydrogens is 354 g/mol. The summed E-state index contributed by atoms with van der Waals surface area (Å²) in [7, 11) is 0. The molecule has 0 N–H and O–H groups in total. The minimum absolute atomic E-state index is 0.272. The van der Waals surface area contributed by atoms with Crippen LogP contribution < -0.4 is 9.64 Å². The maximum absolute atomic E-state index is 12.4. The first-order chi connectivity index (χ1) is 13.7. The van der Waals surface area contributed by atoms with Crippen LogP contribution in [0.4, 0.5) is 5.69 Å². The number of carbonyl (C=O) groups is 2. The van der Waals surface area contributed by atoms with Gasteiger partial charge in [0.2, 0.25) is 0 Å². The molecule has 3 aromatic carbocycles. The van der Waals surface area contributed by atoms with Crippen molar-refractivity contribution < 1.29 is 19.1 Å². The molecular formula is C23H21NO4. The second-order valence-corrected chi connectivity index (χ2v) is 5.99. The van der Waals surface area contributed by atoms with Gasteiger partial charge in [-0.15, -0.1) is 0 Å². The molecule has 3 aromatic rings. The van der Waals surface area contributed by atoms with E-state index in [2.05, 4.69) is 0 Å². The highest BCUT2D eigenvalue weighted by atomic mass is 16.5. The number of nitrogens with zero attached hydrogens (tertiary/aromatic N) is 1. The summed E-state index contributed by atoms with van der Waals surface area (Å²) in [6.45, 7) is 2.05. The Bertz CT molecular complexity index is 908. The van der Waals surface area contributed by atoms with E-state index >= 15 is 0 Å². The number of hydrogen-bond donors (Lipinski definition) is 0. The summed E-state index contributed by atoms with van der Waals surface area (Å²) < 4.78 is 10.9. The van der Waals surface area contributed by atoms with Crippen molar-refractivity contribution in [3.05, 3.63) is 90.5 Å². The van der Waals surface area contributed by atoms with Crippen LogP contribution in [0, 0.1) is 0 Å². The van der Waals surface area contributed by atoms with Gasteiger partial charge >= 0.3 is 5.97 Å². The second kappa shape index (κ2) is 9.37. The van der Waals surface area contributed by atoms with E-state index in [-0.39, 0.29) is 12.5 Å². The minimum Gasteiger partial charge on any atom is -0.457 e. The van der Waals surface area contributed by atoms with Crippen molar-refractivity contribution in [2.45, 2.75) is 6.92 Å².